The Morgan fingerprint density at radius 3 is 2.23 bits per heavy atom. The maximum absolute atomic E-state index is 12.2. The molecule has 2 rings (SSSR count). The zero-order valence-electron chi connectivity index (χ0n) is 15.9. The second-order valence-corrected chi connectivity index (χ2v) is 7.36. The van der Waals surface area contributed by atoms with Crippen LogP contribution < -0.4 is 4.90 Å². The van der Waals surface area contributed by atoms with Crippen LogP contribution in [0.4, 0.5) is 5.69 Å². The van der Waals surface area contributed by atoms with Gasteiger partial charge in [-0.1, -0.05) is 38.1 Å². The summed E-state index contributed by atoms with van der Waals surface area (Å²) in [5.74, 6) is 0.525. The molecule has 0 radical (unpaired) electrons. The fourth-order valence-electron chi connectivity index (χ4n) is 3.34. The van der Waals surface area contributed by atoms with Crippen LogP contribution in [0.3, 0.4) is 0 Å². The summed E-state index contributed by atoms with van der Waals surface area (Å²) in [6.07, 6.45) is 5.26. The molecule has 26 heavy (non-hydrogen) atoms. The molecule has 0 aromatic heterocycles. The summed E-state index contributed by atoms with van der Waals surface area (Å²) in [4.78, 5) is 14.2. The quantitative estimate of drug-likeness (QED) is 0.747. The van der Waals surface area contributed by atoms with Crippen LogP contribution >= 0.6 is 0 Å². The molecule has 1 aromatic rings. The van der Waals surface area contributed by atoms with Crippen molar-refractivity contribution in [1.82, 2.24) is 0 Å². The zero-order chi connectivity index (χ0) is 19.2. The highest BCUT2D eigenvalue weighted by Crippen LogP contribution is 2.37. The molecular weight excluding hydrogens is 330 g/mol. The average molecular weight is 359 g/mol. The number of hydrogen-bond acceptors (Lipinski definition) is 5. The largest absolute Gasteiger partial charge is 0.493 e. The first-order valence-electron chi connectivity index (χ1n) is 8.95. The molecular formula is C21H29NO4. The maximum Gasteiger partial charge on any atom is 0.198 e. The van der Waals surface area contributed by atoms with Crippen LogP contribution in [0.2, 0.25) is 0 Å². The van der Waals surface area contributed by atoms with Crippen molar-refractivity contribution in [3.63, 3.8) is 0 Å². The lowest BCUT2D eigenvalue weighted by molar-refractivity contribution is -0.121. The van der Waals surface area contributed by atoms with Gasteiger partial charge in [0.1, 0.15) is 0 Å². The highest BCUT2D eigenvalue weighted by Gasteiger charge is 2.32. The molecule has 0 heterocycles. The van der Waals surface area contributed by atoms with Crippen LogP contribution in [-0.2, 0) is 9.53 Å². The first kappa shape index (κ1) is 20.2. The molecule has 1 aliphatic rings. The van der Waals surface area contributed by atoms with E-state index < -0.39 is 0 Å². The van der Waals surface area contributed by atoms with E-state index in [1.165, 1.54) is 0 Å². The smallest absolute Gasteiger partial charge is 0.198 e. The number of carbonyl (C=O) groups excluding carboxylic acids is 1. The average Bonchev–Trinajstić information content (AvgIpc) is 2.59. The van der Waals surface area contributed by atoms with Crippen LogP contribution in [0, 0.1) is 5.41 Å². The summed E-state index contributed by atoms with van der Waals surface area (Å²) in [5, 5.41) is 18.3. The summed E-state index contributed by atoms with van der Waals surface area (Å²) in [6.45, 7) is 5.24. The Labute approximate surface area is 155 Å². The molecule has 0 bridgehead atoms. The molecule has 0 saturated carbocycles. The Balaban J connectivity index is 2.18. The van der Waals surface area contributed by atoms with Crippen molar-refractivity contribution < 1.29 is 19.7 Å². The second-order valence-electron chi connectivity index (χ2n) is 7.36. The standard InChI is InChI=1S/C21H29NO4/c1-21(2)14-17(20(26-3)19(25)15-21)7-4-16-5-8-18(9-6-16)22(10-12-23)11-13-24/h4-9,23-24H,10-15H2,1-3H3/b7-4+. The van der Waals surface area contributed by atoms with Crippen LogP contribution in [0.5, 0.6) is 0 Å². The number of aliphatic hydroxyl groups excluding tert-OH is 2. The topological polar surface area (TPSA) is 70.0 Å². The number of hydrogen-bond donors (Lipinski definition) is 2. The van der Waals surface area contributed by atoms with E-state index >= 15 is 0 Å². The minimum absolute atomic E-state index is 0.0411. The number of methoxy groups -OCH3 is 1. The summed E-state index contributed by atoms with van der Waals surface area (Å²) in [7, 11) is 1.55. The van der Waals surface area contributed by atoms with Crippen molar-refractivity contribution in [3.8, 4) is 0 Å². The normalized spacial score (nSPS) is 17.0. The van der Waals surface area contributed by atoms with Gasteiger partial charge in [-0.05, 0) is 35.1 Å². The van der Waals surface area contributed by atoms with Crippen LogP contribution in [0.15, 0.2) is 41.7 Å². The molecule has 0 unspecified atom stereocenters. The van der Waals surface area contributed by atoms with Crippen molar-refractivity contribution in [2.45, 2.75) is 26.7 Å². The highest BCUT2D eigenvalue weighted by atomic mass is 16.5. The fraction of sp³-hybridized carbons (Fsp3) is 0.476. The summed E-state index contributed by atoms with van der Waals surface area (Å²) >= 11 is 0. The zero-order valence-corrected chi connectivity index (χ0v) is 15.9. The van der Waals surface area contributed by atoms with E-state index in [4.69, 9.17) is 14.9 Å². The molecule has 0 amide bonds. The minimum Gasteiger partial charge on any atom is -0.493 e. The van der Waals surface area contributed by atoms with E-state index in [0.717, 1.165) is 23.2 Å². The van der Waals surface area contributed by atoms with Gasteiger partial charge in [-0.15, -0.1) is 0 Å². The third-order valence-corrected chi connectivity index (χ3v) is 4.53. The summed E-state index contributed by atoms with van der Waals surface area (Å²) in [6, 6.07) is 7.89. The number of nitrogens with zero attached hydrogens (tertiary/aromatic N) is 1. The predicted molar refractivity (Wildman–Crippen MR) is 104 cm³/mol. The minimum atomic E-state index is -0.0578. The number of allylic oxidation sites excluding steroid dienone is 3. The second kappa shape index (κ2) is 9.01. The Bertz CT molecular complexity index is 668. The van der Waals surface area contributed by atoms with Gasteiger partial charge in [0.15, 0.2) is 11.5 Å². The SMILES string of the molecule is COC1=C(/C=C/c2ccc(N(CCO)CCO)cc2)CC(C)(C)CC1=O. The molecule has 142 valence electrons. The molecule has 2 N–H and O–H groups in total. The molecule has 0 spiro atoms. The molecule has 1 aliphatic carbocycles. The van der Waals surface area contributed by atoms with Gasteiger partial charge in [-0.3, -0.25) is 4.79 Å². The van der Waals surface area contributed by atoms with Crippen molar-refractivity contribution >= 4 is 17.5 Å². The van der Waals surface area contributed by atoms with E-state index in [-0.39, 0.29) is 24.4 Å². The maximum atomic E-state index is 12.2. The van der Waals surface area contributed by atoms with Gasteiger partial charge in [-0.25, -0.2) is 0 Å². The third-order valence-electron chi connectivity index (χ3n) is 4.53. The Morgan fingerprint density at radius 2 is 1.69 bits per heavy atom. The van der Waals surface area contributed by atoms with Gasteiger partial charge in [0, 0.05) is 25.2 Å². The Hall–Kier alpha value is -2.11. The van der Waals surface area contributed by atoms with E-state index in [9.17, 15) is 4.79 Å². The number of rotatable bonds is 8. The van der Waals surface area contributed by atoms with Crippen LogP contribution in [-0.4, -0.2) is 49.4 Å². The first-order chi connectivity index (χ1) is 12.4. The molecule has 1 aromatic carbocycles. The van der Waals surface area contributed by atoms with Gasteiger partial charge in [0.25, 0.3) is 0 Å². The molecule has 5 heteroatoms. The van der Waals surface area contributed by atoms with Gasteiger partial charge >= 0.3 is 0 Å². The Morgan fingerprint density at radius 1 is 1.08 bits per heavy atom. The van der Waals surface area contributed by atoms with E-state index in [0.29, 0.717) is 25.3 Å². The summed E-state index contributed by atoms with van der Waals surface area (Å²) < 4.78 is 5.33. The van der Waals surface area contributed by atoms with E-state index in [1.807, 2.05) is 41.3 Å². The lowest BCUT2D eigenvalue weighted by Crippen LogP contribution is -2.29. The van der Waals surface area contributed by atoms with Crippen molar-refractivity contribution in [1.29, 1.82) is 0 Å². The van der Waals surface area contributed by atoms with E-state index in [1.54, 1.807) is 7.11 Å². The van der Waals surface area contributed by atoms with Gasteiger partial charge < -0.3 is 19.8 Å². The van der Waals surface area contributed by atoms with Crippen molar-refractivity contribution in [2.75, 3.05) is 38.3 Å². The molecule has 0 aliphatic heterocycles. The predicted octanol–water partition coefficient (Wildman–Crippen LogP) is 2.78. The van der Waals surface area contributed by atoms with Gasteiger partial charge in [0.2, 0.25) is 0 Å². The molecule has 0 saturated heterocycles. The monoisotopic (exact) mass is 359 g/mol. The highest BCUT2D eigenvalue weighted by molar-refractivity contribution is 5.96. The van der Waals surface area contributed by atoms with E-state index in [2.05, 4.69) is 13.8 Å². The lowest BCUT2D eigenvalue weighted by Gasteiger charge is -2.30. The van der Waals surface area contributed by atoms with Gasteiger partial charge in [-0.2, -0.15) is 0 Å². The number of ketones is 1. The number of carbonyl (C=O) groups is 1. The van der Waals surface area contributed by atoms with Crippen molar-refractivity contribution in [3.05, 3.63) is 47.2 Å². The molecule has 5 nitrogen and oxygen atoms in total. The number of Topliss-reactive ketones (excluding diaryl/α,β-unsaturated/α-hetero) is 1. The lowest BCUT2D eigenvalue weighted by atomic mass is 9.76. The Kier molecular flexibility index (Phi) is 7.00. The number of ether oxygens (including phenoxy) is 1. The third kappa shape index (κ3) is 5.19. The molecule has 0 atom stereocenters. The number of benzene rings is 1. The fourth-order valence-corrected chi connectivity index (χ4v) is 3.34. The van der Waals surface area contributed by atoms with Crippen LogP contribution in [0.1, 0.15) is 32.3 Å². The summed E-state index contributed by atoms with van der Waals surface area (Å²) in [5.41, 5.74) is 2.84. The van der Waals surface area contributed by atoms with Crippen molar-refractivity contribution in [2.24, 2.45) is 5.41 Å². The number of aliphatic hydroxyl groups is 2. The van der Waals surface area contributed by atoms with Crippen LogP contribution in [0.25, 0.3) is 6.08 Å². The molecule has 0 fully saturated rings. The van der Waals surface area contributed by atoms with Gasteiger partial charge in [0.05, 0.1) is 20.3 Å². The number of anilines is 1. The first-order valence-corrected chi connectivity index (χ1v) is 8.95.